The Bertz CT molecular complexity index is 668. The van der Waals surface area contributed by atoms with E-state index in [9.17, 15) is 9.59 Å². The first-order valence-electron chi connectivity index (χ1n) is 6.50. The lowest BCUT2D eigenvalue weighted by molar-refractivity contribution is -0.126. The highest BCUT2D eigenvalue weighted by Gasteiger charge is 2.24. The summed E-state index contributed by atoms with van der Waals surface area (Å²) in [5.41, 5.74) is 5.83. The van der Waals surface area contributed by atoms with Gasteiger partial charge < -0.3 is 15.5 Å². The summed E-state index contributed by atoms with van der Waals surface area (Å²) in [5, 5.41) is 2.61. The predicted molar refractivity (Wildman–Crippen MR) is 79.0 cm³/mol. The van der Waals surface area contributed by atoms with Crippen LogP contribution in [0.25, 0.3) is 17.2 Å². The Kier molecular flexibility index (Phi) is 4.07. The quantitative estimate of drug-likeness (QED) is 0.813. The Morgan fingerprint density at radius 1 is 1.38 bits per heavy atom. The van der Waals surface area contributed by atoms with Gasteiger partial charge in [-0.2, -0.15) is 0 Å². The second kappa shape index (κ2) is 5.78. The van der Waals surface area contributed by atoms with Gasteiger partial charge in [0.2, 0.25) is 17.7 Å². The molecule has 1 aromatic carbocycles. The minimum atomic E-state index is -0.791. The first-order chi connectivity index (χ1) is 9.88. The molecule has 0 saturated carbocycles. The third-order valence-corrected chi connectivity index (χ3v) is 3.06. The second-order valence-electron chi connectivity index (χ2n) is 5.32. The number of carbonyl (C=O) groups is 2. The molecule has 2 aromatic rings. The molecule has 6 nitrogen and oxygen atoms in total. The number of nitrogens with one attached hydrogen (secondary N) is 1. The fourth-order valence-corrected chi connectivity index (χ4v) is 1.56. The maximum absolute atomic E-state index is 11.7. The molecule has 1 heterocycles. The van der Waals surface area contributed by atoms with Gasteiger partial charge in [-0.25, -0.2) is 4.98 Å². The molecule has 0 aliphatic rings. The number of oxazole rings is 1. The Hall–Kier alpha value is -2.63. The average Bonchev–Trinajstić information content (AvgIpc) is 2.85. The van der Waals surface area contributed by atoms with Crippen LogP contribution in [0.15, 0.2) is 34.8 Å². The van der Waals surface area contributed by atoms with E-state index in [1.165, 1.54) is 12.2 Å². The van der Waals surface area contributed by atoms with Crippen molar-refractivity contribution in [3.8, 4) is 0 Å². The van der Waals surface area contributed by atoms with Crippen molar-refractivity contribution in [2.75, 3.05) is 6.54 Å². The van der Waals surface area contributed by atoms with Gasteiger partial charge in [0.05, 0.1) is 5.41 Å². The first kappa shape index (κ1) is 14.8. The SMILES string of the molecule is CC(C)(CNC(=O)C=Cc1nc2ccccc2o1)C(N)=O. The zero-order valence-corrected chi connectivity index (χ0v) is 11.9. The Balaban J connectivity index is 1.97. The molecule has 0 spiro atoms. The molecule has 0 fully saturated rings. The third kappa shape index (κ3) is 3.68. The largest absolute Gasteiger partial charge is 0.437 e. The molecule has 2 rings (SSSR count). The summed E-state index contributed by atoms with van der Waals surface area (Å²) in [6.07, 6.45) is 2.79. The van der Waals surface area contributed by atoms with Crippen LogP contribution in [0.1, 0.15) is 19.7 Å². The van der Waals surface area contributed by atoms with Crippen molar-refractivity contribution in [3.63, 3.8) is 0 Å². The molecule has 2 amide bonds. The number of benzene rings is 1. The van der Waals surface area contributed by atoms with Gasteiger partial charge in [0.25, 0.3) is 0 Å². The molecule has 0 bridgehead atoms. The van der Waals surface area contributed by atoms with Gasteiger partial charge in [-0.05, 0) is 26.0 Å². The molecule has 0 unspecified atom stereocenters. The highest BCUT2D eigenvalue weighted by Crippen LogP contribution is 2.15. The van der Waals surface area contributed by atoms with E-state index in [-0.39, 0.29) is 12.5 Å². The average molecular weight is 287 g/mol. The number of aromatic nitrogens is 1. The Labute approximate surface area is 122 Å². The van der Waals surface area contributed by atoms with Crippen LogP contribution in [-0.2, 0) is 9.59 Å². The summed E-state index contributed by atoms with van der Waals surface area (Å²) < 4.78 is 5.45. The number of para-hydroxylation sites is 2. The molecule has 0 saturated heterocycles. The van der Waals surface area contributed by atoms with E-state index in [2.05, 4.69) is 10.3 Å². The molecule has 0 aliphatic heterocycles. The molecule has 21 heavy (non-hydrogen) atoms. The van der Waals surface area contributed by atoms with E-state index in [4.69, 9.17) is 10.2 Å². The van der Waals surface area contributed by atoms with Gasteiger partial charge >= 0.3 is 0 Å². The number of hydrogen-bond donors (Lipinski definition) is 2. The number of hydrogen-bond acceptors (Lipinski definition) is 4. The molecule has 0 radical (unpaired) electrons. The minimum absolute atomic E-state index is 0.166. The number of rotatable bonds is 5. The van der Waals surface area contributed by atoms with Crippen molar-refractivity contribution in [1.29, 1.82) is 0 Å². The lowest BCUT2D eigenvalue weighted by Crippen LogP contribution is -2.41. The lowest BCUT2D eigenvalue weighted by Gasteiger charge is -2.19. The van der Waals surface area contributed by atoms with Gasteiger partial charge in [0.15, 0.2) is 5.58 Å². The maximum Gasteiger partial charge on any atom is 0.244 e. The van der Waals surface area contributed by atoms with Crippen molar-refractivity contribution in [2.24, 2.45) is 11.1 Å². The number of carbonyl (C=O) groups excluding carboxylic acids is 2. The fourth-order valence-electron chi connectivity index (χ4n) is 1.56. The van der Waals surface area contributed by atoms with Crippen LogP contribution in [0.4, 0.5) is 0 Å². The standard InChI is InChI=1S/C15H17N3O3/c1-15(2,14(16)20)9-17-12(19)7-8-13-18-10-5-3-4-6-11(10)21-13/h3-8H,9H2,1-2H3,(H2,16,20)(H,17,19). The summed E-state index contributed by atoms with van der Waals surface area (Å²) >= 11 is 0. The summed E-state index contributed by atoms with van der Waals surface area (Å²) in [4.78, 5) is 27.0. The van der Waals surface area contributed by atoms with Gasteiger partial charge in [-0.3, -0.25) is 9.59 Å². The Morgan fingerprint density at radius 2 is 2.10 bits per heavy atom. The molecule has 110 valence electrons. The molecule has 0 atom stereocenters. The van der Waals surface area contributed by atoms with E-state index < -0.39 is 11.3 Å². The molecule has 3 N–H and O–H groups in total. The second-order valence-corrected chi connectivity index (χ2v) is 5.32. The van der Waals surface area contributed by atoms with Gasteiger partial charge in [0.1, 0.15) is 5.52 Å². The monoisotopic (exact) mass is 287 g/mol. The Morgan fingerprint density at radius 3 is 2.76 bits per heavy atom. The number of amides is 2. The molecule has 6 heteroatoms. The van der Waals surface area contributed by atoms with Crippen molar-refractivity contribution in [3.05, 3.63) is 36.2 Å². The summed E-state index contributed by atoms with van der Waals surface area (Å²) in [6, 6.07) is 7.33. The lowest BCUT2D eigenvalue weighted by atomic mass is 9.93. The van der Waals surface area contributed by atoms with Crippen molar-refractivity contribution in [1.82, 2.24) is 10.3 Å². The van der Waals surface area contributed by atoms with Crippen molar-refractivity contribution >= 4 is 29.0 Å². The summed E-state index contributed by atoms with van der Waals surface area (Å²) in [5.74, 6) is -0.460. The van der Waals surface area contributed by atoms with Crippen molar-refractivity contribution in [2.45, 2.75) is 13.8 Å². The smallest absolute Gasteiger partial charge is 0.244 e. The number of primary amides is 1. The molecular weight excluding hydrogens is 270 g/mol. The molecular formula is C15H17N3O3. The van der Waals surface area contributed by atoms with Crippen molar-refractivity contribution < 1.29 is 14.0 Å². The van der Waals surface area contributed by atoms with Gasteiger partial charge in [-0.15, -0.1) is 0 Å². The number of nitrogens with zero attached hydrogens (tertiary/aromatic N) is 1. The van der Waals surface area contributed by atoms with Crippen LogP contribution >= 0.6 is 0 Å². The summed E-state index contributed by atoms with van der Waals surface area (Å²) in [7, 11) is 0. The highest BCUT2D eigenvalue weighted by molar-refractivity contribution is 5.92. The number of nitrogens with two attached hydrogens (primary N) is 1. The minimum Gasteiger partial charge on any atom is -0.437 e. The van der Waals surface area contributed by atoms with Crippen LogP contribution in [0.2, 0.25) is 0 Å². The zero-order chi connectivity index (χ0) is 15.5. The van der Waals surface area contributed by atoms with Crippen LogP contribution in [0.5, 0.6) is 0 Å². The number of fused-ring (bicyclic) bond motifs is 1. The van der Waals surface area contributed by atoms with Gasteiger partial charge in [0, 0.05) is 18.7 Å². The van der Waals surface area contributed by atoms with Crippen LogP contribution < -0.4 is 11.1 Å². The molecule has 0 aliphatic carbocycles. The maximum atomic E-state index is 11.7. The van der Waals surface area contributed by atoms with E-state index >= 15 is 0 Å². The van der Waals surface area contributed by atoms with E-state index in [0.29, 0.717) is 11.5 Å². The van der Waals surface area contributed by atoms with E-state index in [1.54, 1.807) is 19.9 Å². The van der Waals surface area contributed by atoms with Gasteiger partial charge in [-0.1, -0.05) is 12.1 Å². The van der Waals surface area contributed by atoms with Crippen LogP contribution in [0, 0.1) is 5.41 Å². The third-order valence-electron chi connectivity index (χ3n) is 3.06. The fraction of sp³-hybridized carbons (Fsp3) is 0.267. The van der Waals surface area contributed by atoms with Crippen LogP contribution in [0.3, 0.4) is 0 Å². The van der Waals surface area contributed by atoms with E-state index in [1.807, 2.05) is 18.2 Å². The first-order valence-corrected chi connectivity index (χ1v) is 6.50. The highest BCUT2D eigenvalue weighted by atomic mass is 16.3. The van der Waals surface area contributed by atoms with Crippen LogP contribution in [-0.4, -0.2) is 23.3 Å². The topological polar surface area (TPSA) is 98.2 Å². The normalized spacial score (nSPS) is 11.9. The predicted octanol–water partition coefficient (Wildman–Crippen LogP) is 1.47. The summed E-state index contributed by atoms with van der Waals surface area (Å²) in [6.45, 7) is 3.50. The van der Waals surface area contributed by atoms with E-state index in [0.717, 1.165) is 5.52 Å². The molecule has 1 aromatic heterocycles. The zero-order valence-electron chi connectivity index (χ0n) is 11.9.